The van der Waals surface area contributed by atoms with Gasteiger partial charge in [0.15, 0.2) is 0 Å². The summed E-state index contributed by atoms with van der Waals surface area (Å²) in [7, 11) is 0. The van der Waals surface area contributed by atoms with E-state index >= 15 is 0 Å². The maximum Gasteiger partial charge on any atom is 0.0701 e. The third-order valence-corrected chi connectivity index (χ3v) is 5.83. The van der Waals surface area contributed by atoms with Gasteiger partial charge < -0.3 is 0 Å². The van der Waals surface area contributed by atoms with Crippen LogP contribution in [0.15, 0.2) is 15.9 Å². The molecule has 14 heavy (non-hydrogen) atoms. The summed E-state index contributed by atoms with van der Waals surface area (Å²) in [5.74, 6) is 0.959. The lowest BCUT2D eigenvalue weighted by Crippen LogP contribution is -1.97. The molecule has 0 radical (unpaired) electrons. The second kappa shape index (κ2) is 5.13. The second-order valence-corrected chi connectivity index (χ2v) is 7.60. The molecule has 0 aromatic carbocycles. The first-order valence-electron chi connectivity index (χ1n) is 5.15. The molecule has 78 valence electrons. The van der Waals surface area contributed by atoms with Crippen molar-refractivity contribution in [3.8, 4) is 0 Å². The first kappa shape index (κ1) is 11.2. The van der Waals surface area contributed by atoms with Gasteiger partial charge >= 0.3 is 0 Å². The zero-order valence-corrected chi connectivity index (χ0v) is 12.0. The van der Waals surface area contributed by atoms with Crippen molar-refractivity contribution < 1.29 is 0 Å². The number of alkyl halides is 1. The monoisotopic (exact) mass is 336 g/mol. The van der Waals surface area contributed by atoms with Crippen molar-refractivity contribution in [3.05, 3.63) is 20.8 Å². The first-order chi connectivity index (χ1) is 6.75. The van der Waals surface area contributed by atoms with Crippen LogP contribution in [0.5, 0.6) is 0 Å². The van der Waals surface area contributed by atoms with Crippen LogP contribution in [0.3, 0.4) is 0 Å². The fourth-order valence-corrected chi connectivity index (χ4v) is 4.53. The van der Waals surface area contributed by atoms with Gasteiger partial charge in [-0.1, -0.05) is 41.6 Å². The van der Waals surface area contributed by atoms with E-state index in [9.17, 15) is 0 Å². The highest BCUT2D eigenvalue weighted by Gasteiger charge is 2.20. The van der Waals surface area contributed by atoms with E-state index in [1.165, 1.54) is 40.8 Å². The van der Waals surface area contributed by atoms with Crippen LogP contribution >= 0.6 is 43.2 Å². The molecule has 0 aliphatic heterocycles. The third kappa shape index (κ3) is 2.83. The molecule has 1 aliphatic rings. The van der Waals surface area contributed by atoms with Crippen LogP contribution in [0.1, 0.15) is 41.8 Å². The van der Waals surface area contributed by atoms with Crippen molar-refractivity contribution in [2.75, 3.05) is 0 Å². The van der Waals surface area contributed by atoms with Gasteiger partial charge in [-0.05, 0) is 40.4 Å². The largest absolute Gasteiger partial charge is 0.132 e. The van der Waals surface area contributed by atoms with Crippen molar-refractivity contribution >= 4 is 43.2 Å². The minimum atomic E-state index is 0.571. The van der Waals surface area contributed by atoms with E-state index in [-0.39, 0.29) is 0 Å². The number of hydrogen-bond acceptors (Lipinski definition) is 1. The highest BCUT2D eigenvalue weighted by Crippen LogP contribution is 2.40. The number of hydrogen-bond donors (Lipinski definition) is 0. The smallest absolute Gasteiger partial charge is 0.0701 e. The molecule has 0 amide bonds. The van der Waals surface area contributed by atoms with Crippen molar-refractivity contribution in [2.45, 2.75) is 36.9 Å². The summed E-state index contributed by atoms with van der Waals surface area (Å²) >= 11 is 9.16. The van der Waals surface area contributed by atoms with Gasteiger partial charge in [0.25, 0.3) is 0 Å². The van der Waals surface area contributed by atoms with Gasteiger partial charge in [0.2, 0.25) is 0 Å². The standard InChI is InChI=1S/C11H14Br2S/c12-9(7-8-3-1-2-4-8)10-5-6-11(13)14-10/h5-6,8-9H,1-4,7H2. The van der Waals surface area contributed by atoms with Crippen LogP contribution in [-0.2, 0) is 0 Å². The maximum atomic E-state index is 3.80. The van der Waals surface area contributed by atoms with Crippen molar-refractivity contribution in [2.24, 2.45) is 5.92 Å². The highest BCUT2D eigenvalue weighted by atomic mass is 79.9. The molecule has 1 saturated carbocycles. The Hall–Kier alpha value is 0.660. The van der Waals surface area contributed by atoms with E-state index in [0.717, 1.165) is 5.92 Å². The van der Waals surface area contributed by atoms with E-state index in [0.29, 0.717) is 4.83 Å². The van der Waals surface area contributed by atoms with Gasteiger partial charge in [0.1, 0.15) is 0 Å². The van der Waals surface area contributed by atoms with Crippen molar-refractivity contribution in [1.29, 1.82) is 0 Å². The molecule has 1 aromatic heterocycles. The van der Waals surface area contributed by atoms with Crippen LogP contribution in [0, 0.1) is 5.92 Å². The number of halogens is 2. The van der Waals surface area contributed by atoms with Gasteiger partial charge in [-0.15, -0.1) is 11.3 Å². The molecule has 0 bridgehead atoms. The summed E-state index contributed by atoms with van der Waals surface area (Å²) in [6.07, 6.45) is 7.08. The lowest BCUT2D eigenvalue weighted by molar-refractivity contribution is 0.504. The normalized spacial score (nSPS) is 20.1. The van der Waals surface area contributed by atoms with E-state index in [4.69, 9.17) is 0 Å². The Balaban J connectivity index is 1.91. The average molecular weight is 338 g/mol. The Labute approximate surface area is 106 Å². The Kier molecular flexibility index (Phi) is 4.09. The van der Waals surface area contributed by atoms with Gasteiger partial charge in [-0.25, -0.2) is 0 Å². The number of thiophene rings is 1. The molecule has 1 aromatic rings. The minimum absolute atomic E-state index is 0.571. The van der Waals surface area contributed by atoms with Gasteiger partial charge in [-0.3, -0.25) is 0 Å². The van der Waals surface area contributed by atoms with Crippen molar-refractivity contribution in [1.82, 2.24) is 0 Å². The molecular weight excluding hydrogens is 324 g/mol. The van der Waals surface area contributed by atoms with Crippen LogP contribution < -0.4 is 0 Å². The first-order valence-corrected chi connectivity index (χ1v) is 7.67. The van der Waals surface area contributed by atoms with Gasteiger partial charge in [0, 0.05) is 9.70 Å². The van der Waals surface area contributed by atoms with Crippen LogP contribution in [0.4, 0.5) is 0 Å². The highest BCUT2D eigenvalue weighted by molar-refractivity contribution is 9.11. The van der Waals surface area contributed by atoms with Gasteiger partial charge in [0.05, 0.1) is 3.79 Å². The van der Waals surface area contributed by atoms with Crippen LogP contribution in [-0.4, -0.2) is 0 Å². The van der Waals surface area contributed by atoms with E-state index in [1.807, 2.05) is 11.3 Å². The topological polar surface area (TPSA) is 0 Å². The molecule has 1 aliphatic carbocycles. The summed E-state index contributed by atoms with van der Waals surface area (Å²) in [4.78, 5) is 2.03. The molecule has 0 nitrogen and oxygen atoms in total. The molecular formula is C11H14Br2S. The van der Waals surface area contributed by atoms with Crippen molar-refractivity contribution in [3.63, 3.8) is 0 Å². The summed E-state index contributed by atoms with van der Waals surface area (Å²) in [5.41, 5.74) is 0. The third-order valence-electron chi connectivity index (χ3n) is 2.92. The molecule has 1 atom stereocenters. The number of rotatable bonds is 3. The molecule has 0 saturated heterocycles. The minimum Gasteiger partial charge on any atom is -0.132 e. The molecule has 1 fully saturated rings. The lowest BCUT2D eigenvalue weighted by atomic mass is 10.0. The predicted octanol–water partition coefficient (Wildman–Crippen LogP) is 5.53. The second-order valence-electron chi connectivity index (χ2n) is 4.00. The molecule has 1 heterocycles. The van der Waals surface area contributed by atoms with E-state index in [1.54, 1.807) is 0 Å². The summed E-state index contributed by atoms with van der Waals surface area (Å²) in [6.45, 7) is 0. The fourth-order valence-electron chi connectivity index (χ4n) is 2.15. The molecule has 3 heteroatoms. The summed E-state index contributed by atoms with van der Waals surface area (Å²) in [5, 5.41) is 0. The summed E-state index contributed by atoms with van der Waals surface area (Å²) < 4.78 is 1.24. The lowest BCUT2D eigenvalue weighted by Gasteiger charge is -2.12. The summed E-state index contributed by atoms with van der Waals surface area (Å²) in [6, 6.07) is 4.37. The predicted molar refractivity (Wildman–Crippen MR) is 70.3 cm³/mol. The van der Waals surface area contributed by atoms with Crippen LogP contribution in [0.2, 0.25) is 0 Å². The molecule has 2 rings (SSSR count). The van der Waals surface area contributed by atoms with E-state index in [2.05, 4.69) is 44.0 Å². The Morgan fingerprint density at radius 3 is 2.64 bits per heavy atom. The maximum absolute atomic E-state index is 3.80. The fraction of sp³-hybridized carbons (Fsp3) is 0.636. The van der Waals surface area contributed by atoms with Crippen LogP contribution in [0.25, 0.3) is 0 Å². The quantitative estimate of drug-likeness (QED) is 0.636. The van der Waals surface area contributed by atoms with Gasteiger partial charge in [-0.2, -0.15) is 0 Å². The average Bonchev–Trinajstić information content (AvgIpc) is 2.75. The zero-order chi connectivity index (χ0) is 9.97. The molecule has 0 N–H and O–H groups in total. The SMILES string of the molecule is Brc1ccc(C(Br)CC2CCCC2)s1. The molecule has 0 spiro atoms. The molecule has 1 unspecified atom stereocenters. The Morgan fingerprint density at radius 2 is 2.07 bits per heavy atom. The Morgan fingerprint density at radius 1 is 1.36 bits per heavy atom. The zero-order valence-electron chi connectivity index (χ0n) is 8.01. The Bertz CT molecular complexity index is 289. The van der Waals surface area contributed by atoms with E-state index < -0.39 is 0 Å².